The molecule has 0 spiro atoms. The van der Waals surface area contributed by atoms with Crippen molar-refractivity contribution in [3.8, 4) is 17.2 Å². The highest BCUT2D eigenvalue weighted by Crippen LogP contribution is 2.35. The second-order valence-corrected chi connectivity index (χ2v) is 8.18. The fraction of sp³-hybridized carbons (Fsp3) is 0.333. The number of fused-ring (bicyclic) bond motifs is 2. The molecule has 0 radical (unpaired) electrons. The Morgan fingerprint density at radius 1 is 0.912 bits per heavy atom. The van der Waals surface area contributed by atoms with Gasteiger partial charge in [0, 0.05) is 35.6 Å². The zero-order valence-electron chi connectivity index (χ0n) is 20.3. The van der Waals surface area contributed by atoms with Crippen molar-refractivity contribution in [1.29, 1.82) is 0 Å². The first-order chi connectivity index (χ1) is 16.5. The second-order valence-electron chi connectivity index (χ2n) is 8.18. The Morgan fingerprint density at radius 2 is 1.65 bits per heavy atom. The molecule has 0 bridgehead atoms. The summed E-state index contributed by atoms with van der Waals surface area (Å²) in [6, 6.07) is 11.7. The lowest BCUT2D eigenvalue weighted by Gasteiger charge is -2.16. The molecule has 2 heterocycles. The van der Waals surface area contributed by atoms with E-state index in [4.69, 9.17) is 23.9 Å². The maximum Gasteiger partial charge on any atom is 0.252 e. The quantitative estimate of drug-likeness (QED) is 0.385. The van der Waals surface area contributed by atoms with Gasteiger partial charge in [0.25, 0.3) is 5.56 Å². The number of nitrogens with one attached hydrogen (secondary N) is 1. The third-order valence-electron chi connectivity index (χ3n) is 6.05. The fourth-order valence-electron chi connectivity index (χ4n) is 4.38. The summed E-state index contributed by atoms with van der Waals surface area (Å²) in [6.45, 7) is 2.41. The van der Waals surface area contributed by atoms with Gasteiger partial charge in [0.05, 0.1) is 39.1 Å². The number of methoxy groups -OCH3 is 4. The van der Waals surface area contributed by atoms with Crippen LogP contribution in [0.25, 0.3) is 21.7 Å². The van der Waals surface area contributed by atoms with Gasteiger partial charge >= 0.3 is 0 Å². The van der Waals surface area contributed by atoms with Gasteiger partial charge in [0.2, 0.25) is 0 Å². The number of nitrogens with zero attached hydrogens (tertiary/aromatic N) is 1. The maximum absolute atomic E-state index is 13.3. The van der Waals surface area contributed by atoms with E-state index < -0.39 is 0 Å². The van der Waals surface area contributed by atoms with Gasteiger partial charge in [-0.05, 0) is 53.8 Å². The van der Waals surface area contributed by atoms with Crippen LogP contribution in [0, 0.1) is 0 Å². The minimum absolute atomic E-state index is 0.153. The molecule has 0 saturated heterocycles. The topological polar surface area (TPSA) is 82.7 Å². The molecule has 0 aliphatic rings. The summed E-state index contributed by atoms with van der Waals surface area (Å²) in [7, 11) is 6.44. The van der Waals surface area contributed by atoms with Crippen molar-refractivity contribution < 1.29 is 18.9 Å². The summed E-state index contributed by atoms with van der Waals surface area (Å²) in [4.78, 5) is 21.2. The number of aryl methyl sites for hydroxylation is 1. The molecule has 0 unspecified atom stereocenters. The Labute approximate surface area is 198 Å². The summed E-state index contributed by atoms with van der Waals surface area (Å²) in [5.74, 6) is 1.93. The van der Waals surface area contributed by atoms with Crippen LogP contribution in [0.3, 0.4) is 0 Å². The van der Waals surface area contributed by atoms with Gasteiger partial charge in [-0.1, -0.05) is 13.3 Å². The van der Waals surface area contributed by atoms with Crippen molar-refractivity contribution in [2.24, 2.45) is 0 Å². The standard InChI is InChI=1S/C27H30N2O5/c1-6-7-22-17(10-16-11-18(32-3)8-9-23(16)28-22)12-21-19-13-25(33-4)26(34-5)14-20(19)24(15-31-2)29-27(21)30/h8-11,13-14H,6-7,12,15H2,1-5H3,(H,29,30). The average Bonchev–Trinajstić information content (AvgIpc) is 2.85. The van der Waals surface area contributed by atoms with E-state index in [1.807, 2.05) is 30.3 Å². The highest BCUT2D eigenvalue weighted by atomic mass is 16.5. The van der Waals surface area contributed by atoms with E-state index in [-0.39, 0.29) is 12.2 Å². The van der Waals surface area contributed by atoms with Crippen LogP contribution in [0.1, 0.15) is 35.9 Å². The zero-order valence-corrected chi connectivity index (χ0v) is 20.3. The van der Waals surface area contributed by atoms with Gasteiger partial charge in [-0.15, -0.1) is 0 Å². The number of hydrogen-bond acceptors (Lipinski definition) is 6. The Bertz CT molecular complexity index is 1390. The molecule has 0 aliphatic carbocycles. The van der Waals surface area contributed by atoms with Crippen molar-refractivity contribution in [3.05, 3.63) is 69.3 Å². The fourth-order valence-corrected chi connectivity index (χ4v) is 4.38. The Kier molecular flexibility index (Phi) is 7.03. The smallest absolute Gasteiger partial charge is 0.252 e. The van der Waals surface area contributed by atoms with Crippen LogP contribution >= 0.6 is 0 Å². The van der Waals surface area contributed by atoms with Crippen LogP contribution in [0.4, 0.5) is 0 Å². The molecule has 0 atom stereocenters. The first-order valence-electron chi connectivity index (χ1n) is 11.3. The molecule has 7 nitrogen and oxygen atoms in total. The maximum atomic E-state index is 13.3. The number of aromatic nitrogens is 2. The minimum Gasteiger partial charge on any atom is -0.497 e. The van der Waals surface area contributed by atoms with Gasteiger partial charge < -0.3 is 23.9 Å². The van der Waals surface area contributed by atoms with E-state index >= 15 is 0 Å². The van der Waals surface area contributed by atoms with Gasteiger partial charge in [-0.25, -0.2) is 0 Å². The van der Waals surface area contributed by atoms with Crippen molar-refractivity contribution in [3.63, 3.8) is 0 Å². The molecule has 178 valence electrons. The Balaban J connectivity index is 1.94. The normalized spacial score (nSPS) is 11.2. The zero-order chi connectivity index (χ0) is 24.2. The summed E-state index contributed by atoms with van der Waals surface area (Å²) >= 11 is 0. The largest absolute Gasteiger partial charge is 0.497 e. The molecule has 2 aromatic heterocycles. The van der Waals surface area contributed by atoms with E-state index in [0.717, 1.165) is 51.5 Å². The Morgan fingerprint density at radius 3 is 2.29 bits per heavy atom. The Hall–Kier alpha value is -3.58. The molecule has 1 N–H and O–H groups in total. The molecule has 0 fully saturated rings. The molecule has 4 rings (SSSR count). The van der Waals surface area contributed by atoms with Crippen LogP contribution in [-0.2, 0) is 24.2 Å². The lowest BCUT2D eigenvalue weighted by Crippen LogP contribution is -2.17. The predicted octanol–water partition coefficient (Wildman–Crippen LogP) is 4.79. The summed E-state index contributed by atoms with van der Waals surface area (Å²) in [5, 5.41) is 2.65. The van der Waals surface area contributed by atoms with Crippen LogP contribution in [0.15, 0.2) is 41.2 Å². The molecule has 0 aliphatic heterocycles. The molecule has 0 amide bonds. The van der Waals surface area contributed by atoms with E-state index in [9.17, 15) is 4.79 Å². The lowest BCUT2D eigenvalue weighted by atomic mass is 9.95. The number of H-pyrrole nitrogens is 1. The predicted molar refractivity (Wildman–Crippen MR) is 133 cm³/mol. The molecule has 4 aromatic rings. The van der Waals surface area contributed by atoms with Crippen LogP contribution in [0.5, 0.6) is 17.2 Å². The summed E-state index contributed by atoms with van der Waals surface area (Å²) < 4.78 is 21.8. The van der Waals surface area contributed by atoms with E-state index in [1.165, 1.54) is 0 Å². The number of benzene rings is 2. The van der Waals surface area contributed by atoms with Gasteiger partial charge in [0.15, 0.2) is 11.5 Å². The monoisotopic (exact) mass is 462 g/mol. The van der Waals surface area contributed by atoms with Crippen molar-refractivity contribution in [2.45, 2.75) is 32.8 Å². The van der Waals surface area contributed by atoms with E-state index in [1.54, 1.807) is 28.4 Å². The second kappa shape index (κ2) is 10.1. The number of ether oxygens (including phenoxy) is 4. The van der Waals surface area contributed by atoms with Crippen molar-refractivity contribution in [2.75, 3.05) is 28.4 Å². The highest BCUT2D eigenvalue weighted by Gasteiger charge is 2.18. The first-order valence-corrected chi connectivity index (χ1v) is 11.3. The molecule has 34 heavy (non-hydrogen) atoms. The number of pyridine rings is 2. The van der Waals surface area contributed by atoms with Crippen LogP contribution in [-0.4, -0.2) is 38.4 Å². The van der Waals surface area contributed by atoms with Crippen LogP contribution in [0.2, 0.25) is 0 Å². The number of hydrogen-bond donors (Lipinski definition) is 1. The lowest BCUT2D eigenvalue weighted by molar-refractivity contribution is 0.182. The summed E-state index contributed by atoms with van der Waals surface area (Å²) in [6.07, 6.45) is 2.21. The molecule has 2 aromatic carbocycles. The molecular weight excluding hydrogens is 432 g/mol. The van der Waals surface area contributed by atoms with E-state index in [2.05, 4.69) is 18.0 Å². The number of rotatable bonds is 9. The third-order valence-corrected chi connectivity index (χ3v) is 6.05. The molecular formula is C27H30N2O5. The third kappa shape index (κ3) is 4.43. The van der Waals surface area contributed by atoms with E-state index in [0.29, 0.717) is 29.2 Å². The minimum atomic E-state index is -0.153. The van der Waals surface area contributed by atoms with Gasteiger partial charge in [0.1, 0.15) is 5.75 Å². The first kappa shape index (κ1) is 23.6. The van der Waals surface area contributed by atoms with Crippen LogP contribution < -0.4 is 19.8 Å². The van der Waals surface area contributed by atoms with Crippen molar-refractivity contribution in [1.82, 2.24) is 9.97 Å². The highest BCUT2D eigenvalue weighted by molar-refractivity contribution is 5.91. The SMILES string of the molecule is CCCc1nc2ccc(OC)cc2cc1Cc1c(=O)[nH]c(COC)c2cc(OC)c(OC)cc12. The number of aromatic amines is 1. The van der Waals surface area contributed by atoms with Crippen molar-refractivity contribution >= 4 is 21.7 Å². The summed E-state index contributed by atoms with van der Waals surface area (Å²) in [5.41, 5.74) is 4.12. The molecule has 0 saturated carbocycles. The van der Waals surface area contributed by atoms with Gasteiger partial charge in [-0.2, -0.15) is 0 Å². The molecule has 7 heteroatoms. The van der Waals surface area contributed by atoms with Gasteiger partial charge in [-0.3, -0.25) is 9.78 Å². The average molecular weight is 463 g/mol.